The van der Waals surface area contributed by atoms with Crippen LogP contribution in [0.3, 0.4) is 0 Å². The number of sulfone groups is 1. The van der Waals surface area contributed by atoms with Crippen molar-refractivity contribution in [2.45, 2.75) is 11.8 Å². The number of azo groups is 1. The first-order valence-electron chi connectivity index (χ1n) is 6.07. The molecule has 2 rings (SSSR count). The SMILES string of the molecule is CS(=O)(=O)C1=C([N+](=O)[O-])N=NC1(N)c1c(Cl)cc(C(F)(F)F)cc1Cl. The molecule has 0 amide bonds. The Kier molecular flexibility index (Phi) is 4.62. The number of alkyl halides is 3. The predicted molar refractivity (Wildman–Crippen MR) is 81.0 cm³/mol. The Bertz CT molecular complexity index is 922. The summed E-state index contributed by atoms with van der Waals surface area (Å²) in [6.45, 7) is 0. The van der Waals surface area contributed by atoms with Crippen molar-refractivity contribution in [3.8, 4) is 0 Å². The molecule has 25 heavy (non-hydrogen) atoms. The third kappa shape index (κ3) is 3.34. The van der Waals surface area contributed by atoms with E-state index in [1.807, 2.05) is 0 Å². The molecule has 0 aromatic heterocycles. The number of hydrogen-bond donors (Lipinski definition) is 1. The van der Waals surface area contributed by atoms with Crippen LogP contribution >= 0.6 is 23.2 Å². The van der Waals surface area contributed by atoms with Gasteiger partial charge in [0.25, 0.3) is 0 Å². The van der Waals surface area contributed by atoms with Crippen molar-refractivity contribution in [2.75, 3.05) is 6.26 Å². The molecule has 0 radical (unpaired) electrons. The smallest absolute Gasteiger partial charge is 0.358 e. The molecule has 1 aromatic carbocycles. The van der Waals surface area contributed by atoms with E-state index in [-0.39, 0.29) is 0 Å². The van der Waals surface area contributed by atoms with Gasteiger partial charge in [-0.2, -0.15) is 13.2 Å². The van der Waals surface area contributed by atoms with Gasteiger partial charge in [-0.05, 0) is 22.2 Å². The average molecular weight is 419 g/mol. The van der Waals surface area contributed by atoms with Crippen molar-refractivity contribution < 1.29 is 26.5 Å². The van der Waals surface area contributed by atoms with Crippen LogP contribution in [0, 0.1) is 10.1 Å². The van der Waals surface area contributed by atoms with Gasteiger partial charge in [0.05, 0.1) is 20.7 Å². The van der Waals surface area contributed by atoms with E-state index in [1.54, 1.807) is 0 Å². The fourth-order valence-corrected chi connectivity index (χ4v) is 4.15. The second-order valence-corrected chi connectivity index (χ2v) is 7.73. The molecule has 1 aliphatic rings. The molecule has 1 heterocycles. The molecule has 0 saturated carbocycles. The highest BCUT2D eigenvalue weighted by Gasteiger charge is 2.53. The molecule has 1 atom stereocenters. The van der Waals surface area contributed by atoms with Crippen LogP contribution in [0.4, 0.5) is 13.2 Å². The van der Waals surface area contributed by atoms with Crippen molar-refractivity contribution in [3.05, 3.63) is 54.1 Å². The lowest BCUT2D eigenvalue weighted by Crippen LogP contribution is -2.39. The largest absolute Gasteiger partial charge is 0.416 e. The van der Waals surface area contributed by atoms with Gasteiger partial charge in [0.2, 0.25) is 5.66 Å². The predicted octanol–water partition coefficient (Wildman–Crippen LogP) is 3.08. The number of nitrogens with zero attached hydrogens (tertiary/aromatic N) is 3. The molecule has 8 nitrogen and oxygen atoms in total. The lowest BCUT2D eigenvalue weighted by Gasteiger charge is -2.23. The molecule has 0 aliphatic carbocycles. The summed E-state index contributed by atoms with van der Waals surface area (Å²) < 4.78 is 62.3. The molecule has 0 fully saturated rings. The summed E-state index contributed by atoms with van der Waals surface area (Å²) in [5, 5.41) is 16.1. The normalized spacial score (nSPS) is 21.1. The third-order valence-electron chi connectivity index (χ3n) is 3.15. The zero-order valence-corrected chi connectivity index (χ0v) is 14.3. The maximum absolute atomic E-state index is 12.8. The van der Waals surface area contributed by atoms with Crippen molar-refractivity contribution in [1.82, 2.24) is 0 Å². The Morgan fingerprint density at radius 1 is 1.28 bits per heavy atom. The minimum Gasteiger partial charge on any atom is -0.358 e. The van der Waals surface area contributed by atoms with Gasteiger partial charge in [-0.1, -0.05) is 23.2 Å². The van der Waals surface area contributed by atoms with Crippen LogP contribution in [0.15, 0.2) is 33.1 Å². The summed E-state index contributed by atoms with van der Waals surface area (Å²) >= 11 is 11.6. The zero-order chi connectivity index (χ0) is 19.4. The lowest BCUT2D eigenvalue weighted by atomic mass is 9.98. The molecule has 0 bridgehead atoms. The number of halogens is 5. The van der Waals surface area contributed by atoms with E-state index < -0.39 is 58.5 Å². The molecular weight excluding hydrogens is 412 g/mol. The van der Waals surface area contributed by atoms with Gasteiger partial charge in [0.1, 0.15) is 0 Å². The van der Waals surface area contributed by atoms with E-state index >= 15 is 0 Å². The second-order valence-electron chi connectivity index (χ2n) is 4.96. The topological polar surface area (TPSA) is 128 Å². The Morgan fingerprint density at radius 2 is 1.76 bits per heavy atom. The molecule has 136 valence electrons. The van der Waals surface area contributed by atoms with Crippen LogP contribution < -0.4 is 5.73 Å². The summed E-state index contributed by atoms with van der Waals surface area (Å²) in [6.07, 6.45) is -4.18. The molecule has 2 N–H and O–H groups in total. The van der Waals surface area contributed by atoms with Gasteiger partial charge in [0.15, 0.2) is 14.7 Å². The van der Waals surface area contributed by atoms with Gasteiger partial charge in [-0.25, -0.2) is 8.42 Å². The molecule has 14 heteroatoms. The Balaban J connectivity index is 2.82. The van der Waals surface area contributed by atoms with E-state index in [0.29, 0.717) is 18.4 Å². The molecule has 0 spiro atoms. The van der Waals surface area contributed by atoms with Crippen molar-refractivity contribution in [1.29, 1.82) is 0 Å². The fourth-order valence-electron chi connectivity index (χ4n) is 2.22. The van der Waals surface area contributed by atoms with E-state index in [9.17, 15) is 31.7 Å². The van der Waals surface area contributed by atoms with Crippen LogP contribution in [0.1, 0.15) is 11.1 Å². The quantitative estimate of drug-likeness (QED) is 0.595. The first-order valence-corrected chi connectivity index (χ1v) is 8.72. The highest BCUT2D eigenvalue weighted by Crippen LogP contribution is 2.46. The number of hydrogen-bond acceptors (Lipinski definition) is 7. The maximum atomic E-state index is 12.8. The minimum atomic E-state index is -4.79. The molecule has 1 aliphatic heterocycles. The Morgan fingerprint density at radius 3 is 2.12 bits per heavy atom. The zero-order valence-electron chi connectivity index (χ0n) is 12.0. The highest BCUT2D eigenvalue weighted by atomic mass is 35.5. The van der Waals surface area contributed by atoms with Crippen LogP contribution in [0.5, 0.6) is 0 Å². The number of nitrogens with two attached hydrogens (primary N) is 1. The van der Waals surface area contributed by atoms with Gasteiger partial charge in [0, 0.05) is 11.8 Å². The van der Waals surface area contributed by atoms with Crippen molar-refractivity contribution >= 4 is 33.0 Å². The number of nitro groups is 1. The highest BCUT2D eigenvalue weighted by molar-refractivity contribution is 7.94. The van der Waals surface area contributed by atoms with Crippen LogP contribution in [0.25, 0.3) is 0 Å². The monoisotopic (exact) mass is 418 g/mol. The fraction of sp³-hybridized carbons (Fsp3) is 0.273. The average Bonchev–Trinajstić information content (AvgIpc) is 2.75. The summed E-state index contributed by atoms with van der Waals surface area (Å²) in [5.74, 6) is -1.17. The van der Waals surface area contributed by atoms with E-state index in [0.717, 1.165) is 0 Å². The molecule has 0 saturated heterocycles. The van der Waals surface area contributed by atoms with E-state index in [1.165, 1.54) is 0 Å². The molecule has 1 unspecified atom stereocenters. The van der Waals surface area contributed by atoms with E-state index in [2.05, 4.69) is 10.2 Å². The number of rotatable bonds is 3. The van der Waals surface area contributed by atoms with E-state index in [4.69, 9.17) is 28.9 Å². The second kappa shape index (κ2) is 5.90. The molecule has 1 aromatic rings. The minimum absolute atomic E-state index is 0.455. The van der Waals surface area contributed by atoms with Gasteiger partial charge in [-0.3, -0.25) is 5.73 Å². The summed E-state index contributed by atoms with van der Waals surface area (Å²) in [7, 11) is -4.34. The maximum Gasteiger partial charge on any atom is 0.416 e. The Labute approximate surface area is 148 Å². The van der Waals surface area contributed by atoms with Crippen molar-refractivity contribution in [3.63, 3.8) is 0 Å². The lowest BCUT2D eigenvalue weighted by molar-refractivity contribution is -0.426. The summed E-state index contributed by atoms with van der Waals surface area (Å²) in [4.78, 5) is 8.82. The van der Waals surface area contributed by atoms with Crippen LogP contribution in [-0.2, 0) is 21.7 Å². The van der Waals surface area contributed by atoms with Crippen LogP contribution in [0.2, 0.25) is 10.0 Å². The number of benzene rings is 1. The van der Waals surface area contributed by atoms with Crippen LogP contribution in [-0.4, -0.2) is 19.6 Å². The Hall–Kier alpha value is -1.76. The summed E-state index contributed by atoms with van der Waals surface area (Å²) in [6, 6.07) is 0.911. The van der Waals surface area contributed by atoms with Crippen molar-refractivity contribution in [2.24, 2.45) is 16.0 Å². The van der Waals surface area contributed by atoms with Gasteiger partial charge in [-0.15, -0.1) is 0 Å². The first kappa shape index (κ1) is 19.6. The molecular formula is C11H7Cl2F3N4O4S. The summed E-state index contributed by atoms with van der Waals surface area (Å²) in [5.41, 5.74) is 1.54. The first-order chi connectivity index (χ1) is 11.2. The third-order valence-corrected chi connectivity index (χ3v) is 4.98. The van der Waals surface area contributed by atoms with Gasteiger partial charge < -0.3 is 10.1 Å². The standard InChI is InChI=1S/C11H7Cl2F3N4O4S/c1-25(23,24)8-9(20(21)22)18-19-10(8,17)7-5(12)2-4(3-6(7)13)11(14,15)16/h2-3H,17H2,1H3. The van der Waals surface area contributed by atoms with Gasteiger partial charge >= 0.3 is 12.0 Å².